The van der Waals surface area contributed by atoms with Gasteiger partial charge in [0.05, 0.1) is 19.3 Å². The number of hydrogen-bond acceptors (Lipinski definition) is 3. The van der Waals surface area contributed by atoms with Gasteiger partial charge in [-0.15, -0.1) is 0 Å². The number of benzene rings is 1. The van der Waals surface area contributed by atoms with Crippen molar-refractivity contribution in [3.8, 4) is 5.75 Å². The summed E-state index contributed by atoms with van der Waals surface area (Å²) >= 11 is 0. The summed E-state index contributed by atoms with van der Waals surface area (Å²) in [6.07, 6.45) is 2.49. The smallest absolute Gasteiger partial charge is 0.319 e. The highest BCUT2D eigenvalue weighted by molar-refractivity contribution is 5.56. The van der Waals surface area contributed by atoms with E-state index in [0.29, 0.717) is 11.4 Å². The number of imidazole rings is 1. The fourth-order valence-electron chi connectivity index (χ4n) is 1.64. The van der Waals surface area contributed by atoms with Gasteiger partial charge in [0, 0.05) is 18.5 Å². The van der Waals surface area contributed by atoms with Crippen LogP contribution in [0.2, 0.25) is 0 Å². The maximum absolute atomic E-state index is 13.0. The monoisotopic (exact) mass is 271 g/mol. The lowest BCUT2D eigenvalue weighted by Gasteiger charge is -2.12. The molecule has 0 bridgehead atoms. The van der Waals surface area contributed by atoms with Crippen molar-refractivity contribution in [2.24, 2.45) is 0 Å². The fraction of sp³-hybridized carbons (Fsp3) is 0.250. The molecule has 1 aromatic heterocycles. The molecule has 1 aromatic carbocycles. The summed E-state index contributed by atoms with van der Waals surface area (Å²) in [5.41, 5.74) is 0.507. The van der Waals surface area contributed by atoms with Crippen molar-refractivity contribution in [3.05, 3.63) is 42.2 Å². The van der Waals surface area contributed by atoms with Crippen LogP contribution in [0.15, 0.2) is 30.6 Å². The van der Waals surface area contributed by atoms with Crippen molar-refractivity contribution < 1.29 is 17.9 Å². The van der Waals surface area contributed by atoms with Crippen molar-refractivity contribution in [3.63, 3.8) is 0 Å². The van der Waals surface area contributed by atoms with Gasteiger partial charge in [-0.05, 0) is 12.1 Å². The van der Waals surface area contributed by atoms with Crippen LogP contribution in [-0.4, -0.2) is 16.7 Å². The van der Waals surface area contributed by atoms with Crippen LogP contribution in [0.5, 0.6) is 5.75 Å². The molecule has 19 heavy (non-hydrogen) atoms. The van der Waals surface area contributed by atoms with Crippen molar-refractivity contribution in [2.45, 2.75) is 13.1 Å². The number of nitrogens with zero attached hydrogens (tertiary/aromatic N) is 2. The van der Waals surface area contributed by atoms with Gasteiger partial charge in [-0.2, -0.15) is 8.78 Å². The van der Waals surface area contributed by atoms with Crippen LogP contribution in [-0.2, 0) is 6.54 Å². The fourth-order valence-corrected chi connectivity index (χ4v) is 1.64. The third-order valence-corrected chi connectivity index (χ3v) is 2.56. The second-order valence-corrected chi connectivity index (χ2v) is 3.73. The Morgan fingerprint density at radius 2 is 2.21 bits per heavy atom. The van der Waals surface area contributed by atoms with Gasteiger partial charge in [-0.3, -0.25) is 4.57 Å². The van der Waals surface area contributed by atoms with E-state index in [1.165, 1.54) is 37.7 Å². The number of alkyl halides is 2. The highest BCUT2D eigenvalue weighted by Crippen LogP contribution is 2.25. The van der Waals surface area contributed by atoms with Crippen LogP contribution in [0.4, 0.5) is 18.9 Å². The van der Waals surface area contributed by atoms with E-state index in [9.17, 15) is 13.2 Å². The first-order chi connectivity index (χ1) is 9.11. The quantitative estimate of drug-likeness (QED) is 0.908. The van der Waals surface area contributed by atoms with Crippen LogP contribution >= 0.6 is 0 Å². The third-order valence-electron chi connectivity index (χ3n) is 2.56. The Morgan fingerprint density at radius 3 is 2.89 bits per heavy atom. The van der Waals surface area contributed by atoms with Crippen LogP contribution in [0.25, 0.3) is 0 Å². The van der Waals surface area contributed by atoms with Gasteiger partial charge in [0.1, 0.15) is 17.4 Å². The Kier molecular flexibility index (Phi) is 3.94. The highest BCUT2D eigenvalue weighted by Gasteiger charge is 2.12. The lowest BCUT2D eigenvalue weighted by molar-refractivity contribution is 0.0673. The first-order valence-corrected chi connectivity index (χ1v) is 5.49. The Bertz CT molecular complexity index is 557. The highest BCUT2D eigenvalue weighted by atomic mass is 19.3. The van der Waals surface area contributed by atoms with E-state index in [0.717, 1.165) is 4.57 Å². The van der Waals surface area contributed by atoms with E-state index in [2.05, 4.69) is 10.3 Å². The summed E-state index contributed by atoms with van der Waals surface area (Å²) in [4.78, 5) is 3.83. The molecule has 0 aliphatic carbocycles. The average Bonchev–Trinajstić information content (AvgIpc) is 2.85. The molecule has 7 heteroatoms. The number of nitrogens with one attached hydrogen (secondary N) is 1. The summed E-state index contributed by atoms with van der Waals surface area (Å²) < 4.78 is 44.0. The molecule has 102 valence electrons. The number of hydrogen-bond donors (Lipinski definition) is 1. The van der Waals surface area contributed by atoms with Gasteiger partial charge in [0.25, 0.3) is 0 Å². The Labute approximate surface area is 107 Å². The summed E-state index contributed by atoms with van der Waals surface area (Å²) in [5.74, 6) is 0.0491. The number of halogens is 3. The predicted octanol–water partition coefficient (Wildman–Crippen LogP) is 3.04. The first-order valence-electron chi connectivity index (χ1n) is 5.49. The molecule has 0 unspecified atom stereocenters. The van der Waals surface area contributed by atoms with Crippen LogP contribution < -0.4 is 10.1 Å². The van der Waals surface area contributed by atoms with Gasteiger partial charge in [0.15, 0.2) is 0 Å². The molecule has 0 spiro atoms. The maximum Gasteiger partial charge on any atom is 0.319 e. The standard InChI is InChI=1S/C12H12F3N3O/c1-19-10-6-8(13)2-3-9(10)17-7-11-16-4-5-18(11)12(14)15/h2-6,12,17H,7H2,1H3. The van der Waals surface area contributed by atoms with E-state index in [1.54, 1.807) is 0 Å². The largest absolute Gasteiger partial charge is 0.494 e. The minimum atomic E-state index is -2.64. The summed E-state index contributed by atoms with van der Waals surface area (Å²) in [6, 6.07) is 3.94. The molecule has 0 radical (unpaired) electrons. The van der Waals surface area contributed by atoms with Gasteiger partial charge >= 0.3 is 6.55 Å². The van der Waals surface area contributed by atoms with E-state index in [-0.39, 0.29) is 12.4 Å². The molecule has 0 amide bonds. The third kappa shape index (κ3) is 2.98. The molecule has 0 aliphatic heterocycles. The normalized spacial score (nSPS) is 10.8. The second-order valence-electron chi connectivity index (χ2n) is 3.73. The molecule has 2 rings (SSSR count). The van der Waals surface area contributed by atoms with Crippen molar-refractivity contribution in [1.82, 2.24) is 9.55 Å². The first kappa shape index (κ1) is 13.3. The van der Waals surface area contributed by atoms with E-state index >= 15 is 0 Å². The van der Waals surface area contributed by atoms with E-state index < -0.39 is 12.4 Å². The molecule has 1 N–H and O–H groups in total. The summed E-state index contributed by atoms with van der Waals surface area (Å²) in [7, 11) is 1.40. The molecule has 4 nitrogen and oxygen atoms in total. The van der Waals surface area contributed by atoms with Gasteiger partial charge < -0.3 is 10.1 Å². The van der Waals surface area contributed by atoms with Crippen LogP contribution in [0.1, 0.15) is 12.4 Å². The minimum Gasteiger partial charge on any atom is -0.494 e. The van der Waals surface area contributed by atoms with E-state index in [1.807, 2.05) is 0 Å². The molecule has 0 atom stereocenters. The number of methoxy groups -OCH3 is 1. The Balaban J connectivity index is 2.12. The minimum absolute atomic E-state index is 0.0827. The maximum atomic E-state index is 13.0. The molecule has 0 saturated carbocycles. The molecule has 0 saturated heterocycles. The summed E-state index contributed by atoms with van der Waals surface area (Å²) in [5, 5.41) is 2.88. The summed E-state index contributed by atoms with van der Waals surface area (Å²) in [6.45, 7) is -2.56. The van der Waals surface area contributed by atoms with Crippen molar-refractivity contribution >= 4 is 5.69 Å². The van der Waals surface area contributed by atoms with E-state index in [4.69, 9.17) is 4.74 Å². The second kappa shape index (κ2) is 5.64. The van der Waals surface area contributed by atoms with Crippen molar-refractivity contribution in [1.29, 1.82) is 0 Å². The number of aromatic nitrogens is 2. The molecular formula is C12H12F3N3O. The zero-order chi connectivity index (χ0) is 13.8. The molecule has 0 fully saturated rings. The van der Waals surface area contributed by atoms with Gasteiger partial charge in [-0.1, -0.05) is 0 Å². The Hall–Kier alpha value is -2.18. The molecule has 1 heterocycles. The van der Waals surface area contributed by atoms with Gasteiger partial charge in [0.2, 0.25) is 0 Å². The lowest BCUT2D eigenvalue weighted by atomic mass is 10.3. The number of rotatable bonds is 5. The van der Waals surface area contributed by atoms with Crippen molar-refractivity contribution in [2.75, 3.05) is 12.4 Å². The number of anilines is 1. The lowest BCUT2D eigenvalue weighted by Crippen LogP contribution is -2.09. The SMILES string of the molecule is COc1cc(F)ccc1NCc1nccn1C(F)F. The Morgan fingerprint density at radius 1 is 1.42 bits per heavy atom. The van der Waals surface area contributed by atoms with Crippen LogP contribution in [0, 0.1) is 5.82 Å². The molecular weight excluding hydrogens is 259 g/mol. The zero-order valence-corrected chi connectivity index (χ0v) is 10.1. The van der Waals surface area contributed by atoms with Gasteiger partial charge in [-0.25, -0.2) is 9.37 Å². The number of ether oxygens (including phenoxy) is 1. The predicted molar refractivity (Wildman–Crippen MR) is 63.8 cm³/mol. The van der Waals surface area contributed by atoms with Crippen LogP contribution in [0.3, 0.4) is 0 Å². The topological polar surface area (TPSA) is 39.1 Å². The molecule has 2 aromatic rings. The molecule has 0 aliphatic rings. The average molecular weight is 271 g/mol. The zero-order valence-electron chi connectivity index (χ0n) is 10.1.